The van der Waals surface area contributed by atoms with Gasteiger partial charge in [-0.1, -0.05) is 31.9 Å². The molecule has 0 spiro atoms. The molecule has 0 radical (unpaired) electrons. The minimum atomic E-state index is -0.0727. The van der Waals surface area contributed by atoms with E-state index >= 15 is 0 Å². The maximum Gasteiger partial charge on any atom is 0.146 e. The number of ketones is 1. The van der Waals surface area contributed by atoms with Gasteiger partial charge in [-0.3, -0.25) is 4.79 Å². The first kappa shape index (κ1) is 14.3. The number of benzene rings is 1. The number of hydrogen-bond acceptors (Lipinski definition) is 2. The molecule has 0 bridgehead atoms. The predicted molar refractivity (Wildman–Crippen MR) is 85.3 cm³/mol. The summed E-state index contributed by atoms with van der Waals surface area (Å²) in [5, 5.41) is 0. The number of rotatable bonds is 5. The number of aryl methyl sites for hydroxylation is 1. The Morgan fingerprint density at radius 1 is 1.24 bits per heavy atom. The molecule has 1 aromatic carbocycles. The van der Waals surface area contributed by atoms with Crippen molar-refractivity contribution >= 4 is 16.8 Å². The SMILES string of the molecule is CCn1c(CC(=O)C2(CC)CCCC2)nc2ccccc21. The van der Waals surface area contributed by atoms with Gasteiger partial charge in [-0.05, 0) is 38.3 Å². The Balaban J connectivity index is 1.92. The molecule has 1 aromatic heterocycles. The number of aromatic nitrogens is 2. The molecule has 0 aliphatic heterocycles. The van der Waals surface area contributed by atoms with Gasteiger partial charge in [0.15, 0.2) is 0 Å². The predicted octanol–water partition coefficient (Wildman–Crippen LogP) is 4.14. The highest BCUT2D eigenvalue weighted by Crippen LogP contribution is 2.42. The Labute approximate surface area is 126 Å². The molecule has 1 saturated carbocycles. The van der Waals surface area contributed by atoms with Crippen LogP contribution in [0.5, 0.6) is 0 Å². The zero-order valence-electron chi connectivity index (χ0n) is 13.1. The molecule has 21 heavy (non-hydrogen) atoms. The molecular formula is C18H24N2O. The summed E-state index contributed by atoms with van der Waals surface area (Å²) >= 11 is 0. The lowest BCUT2D eigenvalue weighted by Gasteiger charge is -2.25. The fourth-order valence-electron chi connectivity index (χ4n) is 3.83. The lowest BCUT2D eigenvalue weighted by molar-refractivity contribution is -0.128. The van der Waals surface area contributed by atoms with Crippen LogP contribution in [0.4, 0.5) is 0 Å². The van der Waals surface area contributed by atoms with E-state index < -0.39 is 0 Å². The number of carbonyl (C=O) groups excluding carboxylic acids is 1. The van der Waals surface area contributed by atoms with Gasteiger partial charge in [0.1, 0.15) is 11.6 Å². The second-order valence-electron chi connectivity index (χ2n) is 6.20. The number of Topliss-reactive ketones (excluding diaryl/α,β-unsaturated/α-hetero) is 1. The van der Waals surface area contributed by atoms with E-state index in [1.807, 2.05) is 18.2 Å². The summed E-state index contributed by atoms with van der Waals surface area (Å²) in [6.07, 6.45) is 5.98. The number of nitrogens with zero attached hydrogens (tertiary/aromatic N) is 2. The van der Waals surface area contributed by atoms with Crippen LogP contribution in [0, 0.1) is 5.41 Å². The zero-order chi connectivity index (χ0) is 14.9. The van der Waals surface area contributed by atoms with Gasteiger partial charge in [-0.15, -0.1) is 0 Å². The summed E-state index contributed by atoms with van der Waals surface area (Å²) < 4.78 is 2.19. The summed E-state index contributed by atoms with van der Waals surface area (Å²) in [7, 11) is 0. The van der Waals surface area contributed by atoms with Crippen molar-refractivity contribution in [3.05, 3.63) is 30.1 Å². The molecule has 1 aliphatic rings. The molecule has 1 aliphatic carbocycles. The molecule has 3 rings (SSSR count). The average Bonchev–Trinajstić information content (AvgIpc) is 3.12. The average molecular weight is 284 g/mol. The normalized spacial score (nSPS) is 17.4. The Kier molecular flexibility index (Phi) is 3.83. The smallest absolute Gasteiger partial charge is 0.146 e. The minimum absolute atomic E-state index is 0.0727. The second-order valence-corrected chi connectivity index (χ2v) is 6.20. The lowest BCUT2D eigenvalue weighted by atomic mass is 9.78. The van der Waals surface area contributed by atoms with Gasteiger partial charge in [0.25, 0.3) is 0 Å². The van der Waals surface area contributed by atoms with Crippen LogP contribution in [0.25, 0.3) is 11.0 Å². The quantitative estimate of drug-likeness (QED) is 0.827. The summed E-state index contributed by atoms with van der Waals surface area (Å²) in [5.74, 6) is 1.33. The van der Waals surface area contributed by atoms with Gasteiger partial charge in [-0.2, -0.15) is 0 Å². The maximum absolute atomic E-state index is 12.9. The number of carbonyl (C=O) groups is 1. The largest absolute Gasteiger partial charge is 0.328 e. The van der Waals surface area contributed by atoms with E-state index in [0.717, 1.165) is 42.7 Å². The third-order valence-electron chi connectivity index (χ3n) is 5.20. The van der Waals surface area contributed by atoms with Crippen LogP contribution in [-0.2, 0) is 17.8 Å². The highest BCUT2D eigenvalue weighted by atomic mass is 16.1. The molecule has 2 aromatic rings. The van der Waals surface area contributed by atoms with Crippen molar-refractivity contribution in [2.45, 2.75) is 58.9 Å². The van der Waals surface area contributed by atoms with Gasteiger partial charge in [0.05, 0.1) is 17.5 Å². The maximum atomic E-state index is 12.9. The number of para-hydroxylation sites is 2. The summed E-state index contributed by atoms with van der Waals surface area (Å²) in [5.41, 5.74) is 2.07. The lowest BCUT2D eigenvalue weighted by Crippen LogP contribution is -2.29. The van der Waals surface area contributed by atoms with Crippen LogP contribution in [0.1, 0.15) is 51.8 Å². The number of imidazole rings is 1. The van der Waals surface area contributed by atoms with Crippen LogP contribution in [0.3, 0.4) is 0 Å². The Hall–Kier alpha value is -1.64. The first-order chi connectivity index (χ1) is 10.2. The number of hydrogen-bond donors (Lipinski definition) is 0. The van der Waals surface area contributed by atoms with Crippen molar-refractivity contribution in [3.8, 4) is 0 Å². The summed E-state index contributed by atoms with van der Waals surface area (Å²) in [6.45, 7) is 5.14. The van der Waals surface area contributed by atoms with E-state index in [9.17, 15) is 4.79 Å². The molecule has 0 atom stereocenters. The minimum Gasteiger partial charge on any atom is -0.328 e. The first-order valence-electron chi connectivity index (χ1n) is 8.17. The van der Waals surface area contributed by atoms with Crippen LogP contribution in [-0.4, -0.2) is 15.3 Å². The van der Waals surface area contributed by atoms with Crippen LogP contribution in [0.2, 0.25) is 0 Å². The molecule has 1 fully saturated rings. The number of fused-ring (bicyclic) bond motifs is 1. The Morgan fingerprint density at radius 2 is 1.95 bits per heavy atom. The molecule has 3 heteroatoms. The Morgan fingerprint density at radius 3 is 2.62 bits per heavy atom. The third kappa shape index (κ3) is 2.39. The van der Waals surface area contributed by atoms with Gasteiger partial charge in [0, 0.05) is 12.0 Å². The van der Waals surface area contributed by atoms with Gasteiger partial charge < -0.3 is 4.57 Å². The molecule has 0 unspecified atom stereocenters. The van der Waals surface area contributed by atoms with E-state index in [-0.39, 0.29) is 5.41 Å². The summed E-state index contributed by atoms with van der Waals surface area (Å²) in [6, 6.07) is 8.16. The fraction of sp³-hybridized carbons (Fsp3) is 0.556. The van der Waals surface area contributed by atoms with Gasteiger partial charge in [0.2, 0.25) is 0 Å². The zero-order valence-corrected chi connectivity index (χ0v) is 13.1. The van der Waals surface area contributed by atoms with E-state index in [1.54, 1.807) is 0 Å². The topological polar surface area (TPSA) is 34.9 Å². The van der Waals surface area contributed by atoms with E-state index in [0.29, 0.717) is 12.2 Å². The monoisotopic (exact) mass is 284 g/mol. The molecular weight excluding hydrogens is 260 g/mol. The van der Waals surface area contributed by atoms with Crippen LogP contribution < -0.4 is 0 Å². The fourth-order valence-corrected chi connectivity index (χ4v) is 3.83. The standard InChI is InChI=1S/C18H24N2O/c1-3-18(11-7-8-12-18)16(21)13-17-19-14-9-5-6-10-15(14)20(17)4-2/h5-6,9-10H,3-4,7-8,11-13H2,1-2H3. The highest BCUT2D eigenvalue weighted by Gasteiger charge is 2.39. The molecule has 0 saturated heterocycles. The highest BCUT2D eigenvalue weighted by molar-refractivity contribution is 5.87. The van der Waals surface area contributed by atoms with Crippen molar-refractivity contribution in [2.75, 3.05) is 0 Å². The summed E-state index contributed by atoms with van der Waals surface area (Å²) in [4.78, 5) is 17.6. The van der Waals surface area contributed by atoms with E-state index in [2.05, 4.69) is 24.5 Å². The van der Waals surface area contributed by atoms with Crippen molar-refractivity contribution in [1.82, 2.24) is 9.55 Å². The second kappa shape index (κ2) is 5.63. The third-order valence-corrected chi connectivity index (χ3v) is 5.20. The van der Waals surface area contributed by atoms with E-state index in [4.69, 9.17) is 4.98 Å². The van der Waals surface area contributed by atoms with E-state index in [1.165, 1.54) is 12.8 Å². The van der Waals surface area contributed by atoms with Crippen LogP contribution >= 0.6 is 0 Å². The molecule has 0 amide bonds. The Bertz CT molecular complexity index is 650. The molecule has 112 valence electrons. The molecule has 1 heterocycles. The van der Waals surface area contributed by atoms with Gasteiger partial charge in [-0.25, -0.2) is 4.98 Å². The molecule has 3 nitrogen and oxygen atoms in total. The first-order valence-corrected chi connectivity index (χ1v) is 8.17. The van der Waals surface area contributed by atoms with Crippen molar-refractivity contribution in [1.29, 1.82) is 0 Å². The van der Waals surface area contributed by atoms with Gasteiger partial charge >= 0.3 is 0 Å². The van der Waals surface area contributed by atoms with Crippen molar-refractivity contribution < 1.29 is 4.79 Å². The van der Waals surface area contributed by atoms with Crippen molar-refractivity contribution in [3.63, 3.8) is 0 Å². The van der Waals surface area contributed by atoms with Crippen LogP contribution in [0.15, 0.2) is 24.3 Å². The van der Waals surface area contributed by atoms with Crippen molar-refractivity contribution in [2.24, 2.45) is 5.41 Å². The molecule has 0 N–H and O–H groups in total.